The molecule has 5 heteroatoms. The van der Waals surface area contributed by atoms with Gasteiger partial charge in [0.05, 0.1) is 0 Å². The smallest absolute Gasteiger partial charge is 0.193 e. The third kappa shape index (κ3) is 4.92. The molecule has 3 nitrogen and oxygen atoms in total. The van der Waals surface area contributed by atoms with Crippen LogP contribution >= 0.6 is 27.7 Å². The molecule has 17 heavy (non-hydrogen) atoms. The zero-order chi connectivity index (χ0) is 12.8. The largest absolute Gasteiger partial charge is 0.352 e. The number of hydrogen-bond donors (Lipinski definition) is 1. The van der Waals surface area contributed by atoms with E-state index in [0.29, 0.717) is 11.2 Å². The van der Waals surface area contributed by atoms with Gasteiger partial charge in [0.1, 0.15) is 0 Å². The van der Waals surface area contributed by atoms with Crippen molar-refractivity contribution in [1.29, 1.82) is 0 Å². The van der Waals surface area contributed by atoms with Crippen LogP contribution in [0.25, 0.3) is 0 Å². The van der Waals surface area contributed by atoms with Gasteiger partial charge in [-0.2, -0.15) is 11.8 Å². The Morgan fingerprint density at radius 3 is 2.88 bits per heavy atom. The average molecular weight is 320 g/mol. The van der Waals surface area contributed by atoms with Gasteiger partial charge in [-0.1, -0.05) is 36.4 Å². The van der Waals surface area contributed by atoms with Crippen LogP contribution in [0.3, 0.4) is 0 Å². The molecule has 0 aromatic carbocycles. The molecule has 1 heterocycles. The molecule has 1 rings (SSSR count). The number of guanidine groups is 1. The van der Waals surface area contributed by atoms with Gasteiger partial charge in [-0.15, -0.1) is 0 Å². The Kier molecular flexibility index (Phi) is 6.41. The van der Waals surface area contributed by atoms with Crippen molar-refractivity contribution in [3.05, 3.63) is 11.1 Å². The van der Waals surface area contributed by atoms with E-state index in [9.17, 15) is 0 Å². The highest BCUT2D eigenvalue weighted by Crippen LogP contribution is 2.24. The van der Waals surface area contributed by atoms with E-state index in [-0.39, 0.29) is 0 Å². The number of aliphatic imine (C=N–C) groups is 1. The third-order valence-electron chi connectivity index (χ3n) is 2.79. The van der Waals surface area contributed by atoms with Crippen LogP contribution in [0.15, 0.2) is 16.1 Å². The fourth-order valence-electron chi connectivity index (χ4n) is 1.78. The van der Waals surface area contributed by atoms with Crippen LogP contribution in [0.4, 0.5) is 0 Å². The van der Waals surface area contributed by atoms with Crippen molar-refractivity contribution >= 4 is 33.7 Å². The summed E-state index contributed by atoms with van der Waals surface area (Å²) in [7, 11) is 1.84. The van der Waals surface area contributed by atoms with E-state index in [1.54, 1.807) is 0 Å². The van der Waals surface area contributed by atoms with Gasteiger partial charge in [-0.3, -0.25) is 4.99 Å². The molecule has 1 saturated heterocycles. The Labute approximate surface area is 117 Å². The molecule has 0 aliphatic carbocycles. The topological polar surface area (TPSA) is 27.6 Å². The Morgan fingerprint density at radius 2 is 2.35 bits per heavy atom. The SMILES string of the molecule is C=C(Br)CNC(=NC)N1CCSC(C(C)C)C1. The van der Waals surface area contributed by atoms with Crippen molar-refractivity contribution in [1.82, 2.24) is 10.2 Å². The van der Waals surface area contributed by atoms with Gasteiger partial charge < -0.3 is 10.2 Å². The number of nitrogens with one attached hydrogen (secondary N) is 1. The standard InChI is InChI=1S/C12H22BrN3S/c1-9(2)11-8-16(5-6-17-11)12(14-4)15-7-10(3)13/h9,11H,3,5-8H2,1-2,4H3,(H,14,15). The molecule has 0 amide bonds. The Bertz CT molecular complexity index is 291. The zero-order valence-corrected chi connectivity index (χ0v) is 13.3. The number of nitrogens with zero attached hydrogens (tertiary/aromatic N) is 2. The second-order valence-electron chi connectivity index (χ2n) is 4.52. The van der Waals surface area contributed by atoms with Crippen LogP contribution in [0.1, 0.15) is 13.8 Å². The second kappa shape index (κ2) is 7.31. The lowest BCUT2D eigenvalue weighted by molar-refractivity contribution is 0.382. The third-order valence-corrected chi connectivity index (χ3v) is 4.61. The van der Waals surface area contributed by atoms with Crippen molar-refractivity contribution in [2.24, 2.45) is 10.9 Å². The molecule has 0 spiro atoms. The normalized spacial score (nSPS) is 21.8. The van der Waals surface area contributed by atoms with Gasteiger partial charge in [0.15, 0.2) is 5.96 Å². The molecule has 1 atom stereocenters. The summed E-state index contributed by atoms with van der Waals surface area (Å²) in [6.45, 7) is 11.3. The maximum Gasteiger partial charge on any atom is 0.193 e. The van der Waals surface area contributed by atoms with Crippen LogP contribution in [0.5, 0.6) is 0 Å². The fraction of sp³-hybridized carbons (Fsp3) is 0.750. The summed E-state index contributed by atoms with van der Waals surface area (Å²) in [4.78, 5) is 6.68. The molecule has 1 aliphatic rings. The molecule has 0 bridgehead atoms. The van der Waals surface area contributed by atoms with Gasteiger partial charge >= 0.3 is 0 Å². The highest BCUT2D eigenvalue weighted by molar-refractivity contribution is 9.11. The summed E-state index contributed by atoms with van der Waals surface area (Å²) >= 11 is 5.43. The van der Waals surface area contributed by atoms with Crippen LogP contribution in [0.2, 0.25) is 0 Å². The lowest BCUT2D eigenvalue weighted by Crippen LogP contribution is -2.49. The first-order chi connectivity index (χ1) is 8.04. The van der Waals surface area contributed by atoms with E-state index >= 15 is 0 Å². The minimum atomic E-state index is 0.703. The molecule has 1 fully saturated rings. The minimum absolute atomic E-state index is 0.703. The van der Waals surface area contributed by atoms with E-state index in [1.807, 2.05) is 7.05 Å². The molecular formula is C12H22BrN3S. The molecule has 0 saturated carbocycles. The predicted molar refractivity (Wildman–Crippen MR) is 82.1 cm³/mol. The Morgan fingerprint density at radius 1 is 1.65 bits per heavy atom. The number of hydrogen-bond acceptors (Lipinski definition) is 2. The zero-order valence-electron chi connectivity index (χ0n) is 10.9. The first-order valence-electron chi connectivity index (χ1n) is 5.95. The lowest BCUT2D eigenvalue weighted by Gasteiger charge is -2.36. The summed E-state index contributed by atoms with van der Waals surface area (Å²) in [6.07, 6.45) is 0. The van der Waals surface area contributed by atoms with Crippen molar-refractivity contribution in [3.8, 4) is 0 Å². The van der Waals surface area contributed by atoms with E-state index < -0.39 is 0 Å². The molecule has 0 aromatic heterocycles. The molecule has 1 unspecified atom stereocenters. The van der Waals surface area contributed by atoms with Crippen LogP contribution < -0.4 is 5.32 Å². The van der Waals surface area contributed by atoms with Crippen LogP contribution in [0, 0.1) is 5.92 Å². The van der Waals surface area contributed by atoms with E-state index in [4.69, 9.17) is 0 Å². The quantitative estimate of drug-likeness (QED) is 0.640. The summed E-state index contributed by atoms with van der Waals surface area (Å²) in [6, 6.07) is 0. The summed E-state index contributed by atoms with van der Waals surface area (Å²) in [5.41, 5.74) is 0. The first kappa shape index (κ1) is 14.9. The molecule has 0 aromatic rings. The predicted octanol–water partition coefficient (Wildman–Crippen LogP) is 2.54. The van der Waals surface area contributed by atoms with Gasteiger partial charge in [-0.05, 0) is 5.92 Å². The van der Waals surface area contributed by atoms with Crippen molar-refractivity contribution < 1.29 is 0 Å². The second-order valence-corrected chi connectivity index (χ2v) is 6.99. The first-order valence-corrected chi connectivity index (χ1v) is 7.79. The average Bonchev–Trinajstić information content (AvgIpc) is 2.30. The molecule has 98 valence electrons. The lowest BCUT2D eigenvalue weighted by atomic mass is 10.1. The summed E-state index contributed by atoms with van der Waals surface area (Å²) < 4.78 is 0.949. The van der Waals surface area contributed by atoms with Crippen LogP contribution in [-0.2, 0) is 0 Å². The van der Waals surface area contributed by atoms with E-state index in [1.165, 1.54) is 5.75 Å². The van der Waals surface area contributed by atoms with Gasteiger partial charge in [0.25, 0.3) is 0 Å². The maximum atomic E-state index is 4.34. The monoisotopic (exact) mass is 319 g/mol. The van der Waals surface area contributed by atoms with Gasteiger partial charge in [-0.25, -0.2) is 0 Å². The number of thioether (sulfide) groups is 1. The van der Waals surface area contributed by atoms with Crippen molar-refractivity contribution in [3.63, 3.8) is 0 Å². The molecule has 1 aliphatic heterocycles. The highest BCUT2D eigenvalue weighted by atomic mass is 79.9. The Balaban J connectivity index is 2.54. The summed E-state index contributed by atoms with van der Waals surface area (Å²) in [5, 5.41) is 4.02. The maximum absolute atomic E-state index is 4.34. The number of halogens is 1. The molecule has 0 radical (unpaired) electrons. The van der Waals surface area contributed by atoms with E-state index in [2.05, 4.69) is 63.3 Å². The number of rotatable bonds is 3. The highest BCUT2D eigenvalue weighted by Gasteiger charge is 2.24. The fourth-order valence-corrected chi connectivity index (χ4v) is 3.22. The van der Waals surface area contributed by atoms with Crippen molar-refractivity contribution in [2.45, 2.75) is 19.1 Å². The van der Waals surface area contributed by atoms with Gasteiger partial charge in [0.2, 0.25) is 0 Å². The molecular weight excluding hydrogens is 298 g/mol. The molecule has 1 N–H and O–H groups in total. The van der Waals surface area contributed by atoms with Gasteiger partial charge in [0, 0.05) is 42.2 Å². The Hall–Kier alpha value is -0.160. The minimum Gasteiger partial charge on any atom is -0.352 e. The van der Waals surface area contributed by atoms with E-state index in [0.717, 1.165) is 30.1 Å². The summed E-state index contributed by atoms with van der Waals surface area (Å²) in [5.74, 6) is 2.88. The van der Waals surface area contributed by atoms with Crippen LogP contribution in [-0.4, -0.2) is 48.5 Å². The van der Waals surface area contributed by atoms with Crippen molar-refractivity contribution in [2.75, 3.05) is 32.4 Å².